The fourth-order valence-corrected chi connectivity index (χ4v) is 1.93. The molecule has 0 amide bonds. The molecule has 0 unspecified atom stereocenters. The summed E-state index contributed by atoms with van der Waals surface area (Å²) in [7, 11) is 0. The molecule has 0 saturated carbocycles. The van der Waals surface area contributed by atoms with Gasteiger partial charge in [0, 0.05) is 5.54 Å². The minimum Gasteiger partial charge on any atom is -0.358 e. The molecule has 0 aliphatic carbocycles. The lowest BCUT2D eigenvalue weighted by Gasteiger charge is -2.23. The highest BCUT2D eigenvalue weighted by atomic mass is 35.5. The molecular weight excluding hydrogens is 277 g/mol. The van der Waals surface area contributed by atoms with Gasteiger partial charge >= 0.3 is 0 Å². The Hall–Kier alpha value is -0.580. The van der Waals surface area contributed by atoms with Crippen LogP contribution in [0.1, 0.15) is 26.5 Å². The van der Waals surface area contributed by atoms with Gasteiger partial charge in [-0.05, 0) is 46.0 Å². The van der Waals surface area contributed by atoms with Crippen molar-refractivity contribution in [1.29, 1.82) is 0 Å². The summed E-state index contributed by atoms with van der Waals surface area (Å²) in [6.45, 7) is 7.86. The van der Waals surface area contributed by atoms with Crippen LogP contribution in [-0.2, 0) is 0 Å². The monoisotopic (exact) mass is 291 g/mol. The Kier molecular flexibility index (Phi) is 4.58. The van der Waals surface area contributed by atoms with Crippen molar-refractivity contribution >= 4 is 46.4 Å². The van der Waals surface area contributed by atoms with Gasteiger partial charge in [0.2, 0.25) is 0 Å². The fourth-order valence-electron chi connectivity index (χ4n) is 1.13. The van der Waals surface area contributed by atoms with Gasteiger partial charge in [-0.2, -0.15) is 0 Å². The van der Waals surface area contributed by atoms with Gasteiger partial charge in [-0.1, -0.05) is 23.2 Å². The molecule has 2 N–H and O–H groups in total. The van der Waals surface area contributed by atoms with Gasteiger partial charge in [0.25, 0.3) is 0 Å². The largest absolute Gasteiger partial charge is 0.358 e. The second-order valence-corrected chi connectivity index (χ2v) is 5.94. The van der Waals surface area contributed by atoms with E-state index in [-0.39, 0.29) is 5.54 Å². The minimum atomic E-state index is -0.113. The third-order valence-corrected chi connectivity index (χ3v) is 2.70. The Morgan fingerprint density at radius 3 is 2.41 bits per heavy atom. The number of aryl methyl sites for hydroxylation is 1. The Balaban J connectivity index is 2.82. The number of nitrogens with zero attached hydrogens (tertiary/aromatic N) is 1. The number of rotatable bonds is 1. The summed E-state index contributed by atoms with van der Waals surface area (Å²) in [5.74, 6) is 0.510. The molecule has 0 saturated heterocycles. The van der Waals surface area contributed by atoms with E-state index < -0.39 is 0 Å². The predicted octanol–water partition coefficient (Wildman–Crippen LogP) is 3.78. The average molecular weight is 292 g/mol. The summed E-state index contributed by atoms with van der Waals surface area (Å²) in [6.07, 6.45) is 0. The lowest BCUT2D eigenvalue weighted by molar-refractivity contribution is 0.515. The Morgan fingerprint density at radius 2 is 1.88 bits per heavy atom. The molecule has 6 heteroatoms. The molecule has 0 atom stereocenters. The molecule has 1 heterocycles. The van der Waals surface area contributed by atoms with Crippen molar-refractivity contribution in [2.75, 3.05) is 5.32 Å². The van der Waals surface area contributed by atoms with Crippen LogP contribution >= 0.6 is 35.4 Å². The predicted molar refractivity (Wildman–Crippen MR) is 78.1 cm³/mol. The van der Waals surface area contributed by atoms with Crippen LogP contribution in [0.15, 0.2) is 6.07 Å². The molecule has 1 aromatic heterocycles. The molecule has 0 bridgehead atoms. The van der Waals surface area contributed by atoms with Crippen LogP contribution in [0.5, 0.6) is 0 Å². The number of nitrogens with one attached hydrogen (secondary N) is 2. The molecule has 1 aromatic rings. The maximum absolute atomic E-state index is 6.02. The summed E-state index contributed by atoms with van der Waals surface area (Å²) < 4.78 is 0. The summed E-state index contributed by atoms with van der Waals surface area (Å²) in [5.41, 5.74) is 0.593. The van der Waals surface area contributed by atoms with Gasteiger partial charge in [-0.3, -0.25) is 0 Å². The van der Waals surface area contributed by atoms with E-state index in [0.717, 1.165) is 0 Å². The van der Waals surface area contributed by atoms with Gasteiger partial charge in [-0.25, -0.2) is 4.98 Å². The smallest absolute Gasteiger partial charge is 0.172 e. The van der Waals surface area contributed by atoms with Crippen LogP contribution in [0.25, 0.3) is 0 Å². The first kappa shape index (κ1) is 14.5. The van der Waals surface area contributed by atoms with Crippen LogP contribution in [0.4, 0.5) is 5.82 Å². The Morgan fingerprint density at radius 1 is 1.29 bits per heavy atom. The third kappa shape index (κ3) is 4.66. The highest BCUT2D eigenvalue weighted by Crippen LogP contribution is 2.25. The van der Waals surface area contributed by atoms with Crippen molar-refractivity contribution in [2.45, 2.75) is 33.2 Å². The molecule has 0 spiro atoms. The lowest BCUT2D eigenvalue weighted by Crippen LogP contribution is -2.43. The summed E-state index contributed by atoms with van der Waals surface area (Å²) in [6, 6.07) is 1.65. The molecule has 0 radical (unpaired) electrons. The molecule has 3 nitrogen and oxygen atoms in total. The van der Waals surface area contributed by atoms with Crippen molar-refractivity contribution in [2.24, 2.45) is 0 Å². The highest BCUT2D eigenvalue weighted by molar-refractivity contribution is 7.80. The summed E-state index contributed by atoms with van der Waals surface area (Å²) in [5, 5.41) is 7.53. The van der Waals surface area contributed by atoms with Crippen molar-refractivity contribution < 1.29 is 0 Å². The van der Waals surface area contributed by atoms with Gasteiger partial charge in [0.05, 0.1) is 15.7 Å². The van der Waals surface area contributed by atoms with Crippen LogP contribution in [0.2, 0.25) is 10.0 Å². The van der Waals surface area contributed by atoms with Crippen molar-refractivity contribution in [3.63, 3.8) is 0 Å². The van der Waals surface area contributed by atoms with E-state index in [4.69, 9.17) is 35.4 Å². The van der Waals surface area contributed by atoms with E-state index in [0.29, 0.717) is 26.7 Å². The second kappa shape index (κ2) is 5.38. The fraction of sp³-hybridized carbons (Fsp3) is 0.455. The van der Waals surface area contributed by atoms with Gasteiger partial charge in [0.1, 0.15) is 0 Å². The SMILES string of the molecule is Cc1nc(NC(=S)NC(C)(C)C)c(Cl)cc1Cl. The number of halogens is 2. The maximum Gasteiger partial charge on any atom is 0.172 e. The number of anilines is 1. The highest BCUT2D eigenvalue weighted by Gasteiger charge is 2.13. The second-order valence-electron chi connectivity index (χ2n) is 4.72. The van der Waals surface area contributed by atoms with Gasteiger partial charge in [0.15, 0.2) is 10.9 Å². The van der Waals surface area contributed by atoms with E-state index in [1.165, 1.54) is 0 Å². The van der Waals surface area contributed by atoms with Crippen LogP contribution in [0, 0.1) is 6.92 Å². The van der Waals surface area contributed by atoms with E-state index in [1.54, 1.807) is 6.07 Å². The van der Waals surface area contributed by atoms with E-state index in [1.807, 2.05) is 27.7 Å². The minimum absolute atomic E-state index is 0.113. The Labute approximate surface area is 117 Å². The zero-order chi connectivity index (χ0) is 13.2. The zero-order valence-corrected chi connectivity index (χ0v) is 12.5. The van der Waals surface area contributed by atoms with Gasteiger partial charge < -0.3 is 10.6 Å². The first-order chi connectivity index (χ1) is 7.69. The maximum atomic E-state index is 6.02. The van der Waals surface area contributed by atoms with E-state index in [9.17, 15) is 0 Å². The van der Waals surface area contributed by atoms with Crippen LogP contribution in [-0.4, -0.2) is 15.6 Å². The molecule has 0 fully saturated rings. The van der Waals surface area contributed by atoms with Crippen molar-refractivity contribution in [3.8, 4) is 0 Å². The van der Waals surface area contributed by atoms with Crippen LogP contribution < -0.4 is 10.6 Å². The average Bonchev–Trinajstić information content (AvgIpc) is 2.11. The number of pyridine rings is 1. The van der Waals surface area contributed by atoms with Crippen LogP contribution in [0.3, 0.4) is 0 Å². The molecule has 17 heavy (non-hydrogen) atoms. The first-order valence-electron chi connectivity index (χ1n) is 5.11. The number of hydrogen-bond acceptors (Lipinski definition) is 2. The molecule has 1 rings (SSSR count). The van der Waals surface area contributed by atoms with E-state index in [2.05, 4.69) is 15.6 Å². The number of aromatic nitrogens is 1. The first-order valence-corrected chi connectivity index (χ1v) is 6.27. The van der Waals surface area contributed by atoms with Crippen molar-refractivity contribution in [1.82, 2.24) is 10.3 Å². The Bertz CT molecular complexity index is 441. The zero-order valence-electron chi connectivity index (χ0n) is 10.2. The molecular formula is C11H15Cl2N3S. The molecule has 0 aromatic carbocycles. The summed E-state index contributed by atoms with van der Waals surface area (Å²) in [4.78, 5) is 4.24. The molecule has 0 aliphatic heterocycles. The number of thiocarbonyl (C=S) groups is 1. The lowest BCUT2D eigenvalue weighted by atomic mass is 10.1. The topological polar surface area (TPSA) is 37.0 Å². The summed E-state index contributed by atoms with van der Waals surface area (Å²) >= 11 is 17.1. The standard InChI is InChI=1S/C11H15Cl2N3S/c1-6-7(12)5-8(13)9(14-6)15-10(17)16-11(2,3)4/h5H,1-4H3,(H2,14,15,16,17). The normalized spacial score (nSPS) is 11.2. The molecule has 0 aliphatic rings. The van der Waals surface area contributed by atoms with Crippen molar-refractivity contribution in [3.05, 3.63) is 21.8 Å². The quantitative estimate of drug-likeness (QED) is 0.772. The molecule has 94 valence electrons. The van der Waals surface area contributed by atoms with Gasteiger partial charge in [-0.15, -0.1) is 0 Å². The number of hydrogen-bond donors (Lipinski definition) is 2. The third-order valence-electron chi connectivity index (χ3n) is 1.83. The van der Waals surface area contributed by atoms with E-state index >= 15 is 0 Å².